The summed E-state index contributed by atoms with van der Waals surface area (Å²) in [5.74, 6) is 0.338. The Morgan fingerprint density at radius 2 is 1.81 bits per heavy atom. The third-order valence-electron chi connectivity index (χ3n) is 5.56. The number of aromatic nitrogens is 3. The van der Waals surface area contributed by atoms with Crippen LogP contribution in [-0.4, -0.2) is 33.6 Å². The molecule has 0 radical (unpaired) electrons. The number of pyridine rings is 1. The summed E-state index contributed by atoms with van der Waals surface area (Å²) in [7, 11) is 1.60. The molecule has 0 bridgehead atoms. The number of rotatable bonds is 10. The maximum atomic E-state index is 13.6. The Balaban J connectivity index is 1.80. The molecule has 8 nitrogen and oxygen atoms in total. The van der Waals surface area contributed by atoms with E-state index in [0.29, 0.717) is 24.4 Å². The monoisotopic (exact) mass is 484 g/mol. The first-order valence-electron chi connectivity index (χ1n) is 11.7. The highest BCUT2D eigenvalue weighted by molar-refractivity contribution is 6.04. The third-order valence-corrected chi connectivity index (χ3v) is 5.56. The average molecular weight is 485 g/mol. The molecule has 0 unspecified atom stereocenters. The molecule has 36 heavy (non-hydrogen) atoms. The molecular weight excluding hydrogens is 456 g/mol. The molecule has 0 amide bonds. The summed E-state index contributed by atoms with van der Waals surface area (Å²) in [6.45, 7) is 2.26. The first-order chi connectivity index (χ1) is 17.6. The summed E-state index contributed by atoms with van der Waals surface area (Å²) in [6.07, 6.45) is 2.20. The molecule has 184 valence electrons. The molecule has 2 aromatic carbocycles. The summed E-state index contributed by atoms with van der Waals surface area (Å²) >= 11 is 0. The average Bonchev–Trinajstić information content (AvgIpc) is 3.21. The van der Waals surface area contributed by atoms with Crippen molar-refractivity contribution in [1.29, 1.82) is 0 Å². The Hall–Kier alpha value is -4.46. The van der Waals surface area contributed by atoms with E-state index in [1.807, 2.05) is 72.8 Å². The zero-order chi connectivity index (χ0) is 25.3. The van der Waals surface area contributed by atoms with Gasteiger partial charge < -0.3 is 9.47 Å². The van der Waals surface area contributed by atoms with Crippen LogP contribution in [0.15, 0.2) is 88.8 Å². The number of aromatic amines is 1. The van der Waals surface area contributed by atoms with Gasteiger partial charge in [0.05, 0.1) is 31.6 Å². The van der Waals surface area contributed by atoms with E-state index in [9.17, 15) is 9.59 Å². The number of nitrogens with zero attached hydrogens (tertiary/aromatic N) is 3. The van der Waals surface area contributed by atoms with E-state index < -0.39 is 5.97 Å². The fraction of sp³-hybridized carbons (Fsp3) is 0.214. The van der Waals surface area contributed by atoms with Crippen molar-refractivity contribution in [3.8, 4) is 11.6 Å². The number of carbonyl (C=O) groups is 1. The minimum Gasteiger partial charge on any atom is -0.497 e. The number of H-pyrrole nitrogens is 1. The second kappa shape index (κ2) is 11.8. The van der Waals surface area contributed by atoms with Gasteiger partial charge in [-0.3, -0.25) is 24.7 Å². The Morgan fingerprint density at radius 1 is 1.03 bits per heavy atom. The predicted molar refractivity (Wildman–Crippen MR) is 138 cm³/mol. The van der Waals surface area contributed by atoms with Gasteiger partial charge in [0.25, 0.3) is 5.56 Å². The van der Waals surface area contributed by atoms with Crippen LogP contribution >= 0.6 is 0 Å². The lowest BCUT2D eigenvalue weighted by molar-refractivity contribution is -0.134. The maximum absolute atomic E-state index is 13.6. The van der Waals surface area contributed by atoms with Crippen LogP contribution in [0.2, 0.25) is 0 Å². The molecule has 0 fully saturated rings. The van der Waals surface area contributed by atoms with E-state index in [0.717, 1.165) is 16.8 Å². The minimum absolute atomic E-state index is 0.0884. The molecule has 2 aromatic heterocycles. The third kappa shape index (κ3) is 6.15. The van der Waals surface area contributed by atoms with Gasteiger partial charge in [-0.05, 0) is 35.4 Å². The second-order valence-electron chi connectivity index (χ2n) is 8.13. The molecule has 8 heteroatoms. The van der Waals surface area contributed by atoms with Crippen LogP contribution in [0.1, 0.15) is 35.7 Å². The van der Waals surface area contributed by atoms with Gasteiger partial charge in [-0.15, -0.1) is 0 Å². The van der Waals surface area contributed by atoms with Crippen LogP contribution in [0, 0.1) is 0 Å². The number of hydrogen-bond acceptors (Lipinski definition) is 6. The van der Waals surface area contributed by atoms with Crippen molar-refractivity contribution in [2.24, 2.45) is 4.99 Å². The number of aliphatic imine (C=N–C) groups is 1. The van der Waals surface area contributed by atoms with Gasteiger partial charge in [0.1, 0.15) is 11.3 Å². The lowest BCUT2D eigenvalue weighted by atomic mass is 10.0. The molecule has 4 rings (SSSR count). The number of carbonyl (C=O) groups excluding carboxylic acids is 1. The Labute approximate surface area is 209 Å². The van der Waals surface area contributed by atoms with Crippen molar-refractivity contribution >= 4 is 11.7 Å². The van der Waals surface area contributed by atoms with E-state index in [1.165, 1.54) is 4.68 Å². The van der Waals surface area contributed by atoms with Crippen LogP contribution in [0.25, 0.3) is 0 Å². The van der Waals surface area contributed by atoms with Crippen molar-refractivity contribution < 1.29 is 14.3 Å². The van der Waals surface area contributed by atoms with Gasteiger partial charge >= 0.3 is 5.97 Å². The number of nitrogens with one attached hydrogen (secondary N) is 1. The van der Waals surface area contributed by atoms with Crippen LogP contribution in [0.5, 0.6) is 11.6 Å². The predicted octanol–water partition coefficient (Wildman–Crippen LogP) is 4.18. The fourth-order valence-corrected chi connectivity index (χ4v) is 3.72. The molecule has 2 heterocycles. The highest BCUT2D eigenvalue weighted by atomic mass is 16.5. The Morgan fingerprint density at radius 3 is 2.53 bits per heavy atom. The van der Waals surface area contributed by atoms with Crippen molar-refractivity contribution in [2.45, 2.75) is 32.9 Å². The lowest BCUT2D eigenvalue weighted by Gasteiger charge is -2.09. The smallest absolute Gasteiger partial charge is 0.312 e. The van der Waals surface area contributed by atoms with Crippen molar-refractivity contribution in [3.05, 3.63) is 112 Å². The summed E-state index contributed by atoms with van der Waals surface area (Å²) < 4.78 is 12.4. The second-order valence-corrected chi connectivity index (χ2v) is 8.13. The quantitative estimate of drug-likeness (QED) is 0.269. The zero-order valence-electron chi connectivity index (χ0n) is 20.3. The van der Waals surface area contributed by atoms with E-state index in [1.54, 1.807) is 20.2 Å². The minimum atomic E-state index is -0.449. The van der Waals surface area contributed by atoms with Gasteiger partial charge in [0.2, 0.25) is 5.88 Å². The van der Waals surface area contributed by atoms with E-state index >= 15 is 0 Å². The number of methoxy groups -OCH3 is 1. The van der Waals surface area contributed by atoms with Gasteiger partial charge in [-0.2, -0.15) is 0 Å². The standard InChI is InChI=1S/C28H28N4O4/c1-3-25(33)36-27-26(28(34)32(31-27)19-20-10-5-4-6-11-20)24(30-18-22-13-7-8-15-29-22)17-21-12-9-14-23(16-21)35-2/h4-16,31H,3,17-19H2,1-2H3. The topological polar surface area (TPSA) is 98.6 Å². The molecule has 0 saturated carbocycles. The molecule has 1 N–H and O–H groups in total. The van der Waals surface area contributed by atoms with Gasteiger partial charge in [-0.25, -0.2) is 4.68 Å². The van der Waals surface area contributed by atoms with Crippen LogP contribution < -0.4 is 15.0 Å². The van der Waals surface area contributed by atoms with Gasteiger partial charge in [0, 0.05) is 19.0 Å². The largest absolute Gasteiger partial charge is 0.497 e. The number of esters is 1. The lowest BCUT2D eigenvalue weighted by Crippen LogP contribution is -2.24. The summed E-state index contributed by atoms with van der Waals surface area (Å²) in [6, 6.07) is 22.7. The molecule has 4 aromatic rings. The van der Waals surface area contributed by atoms with Gasteiger partial charge in [0.15, 0.2) is 0 Å². The maximum Gasteiger partial charge on any atom is 0.312 e. The van der Waals surface area contributed by atoms with E-state index in [-0.39, 0.29) is 30.0 Å². The molecule has 0 atom stereocenters. The highest BCUT2D eigenvalue weighted by Gasteiger charge is 2.23. The van der Waals surface area contributed by atoms with E-state index in [4.69, 9.17) is 14.5 Å². The molecule has 0 aliphatic carbocycles. The van der Waals surface area contributed by atoms with Crippen molar-refractivity contribution in [1.82, 2.24) is 14.8 Å². The fourth-order valence-electron chi connectivity index (χ4n) is 3.72. The van der Waals surface area contributed by atoms with Gasteiger partial charge in [-0.1, -0.05) is 55.5 Å². The van der Waals surface area contributed by atoms with E-state index in [2.05, 4.69) is 10.1 Å². The molecule has 0 aliphatic rings. The van der Waals surface area contributed by atoms with Crippen LogP contribution in [-0.2, 0) is 24.3 Å². The number of hydrogen-bond donors (Lipinski definition) is 1. The molecule has 0 aliphatic heterocycles. The molecule has 0 spiro atoms. The first kappa shape index (κ1) is 24.7. The number of ether oxygens (including phenoxy) is 2. The summed E-state index contributed by atoms with van der Waals surface area (Å²) in [5.41, 5.74) is 2.98. The van der Waals surface area contributed by atoms with Crippen molar-refractivity contribution in [2.75, 3.05) is 7.11 Å². The molecule has 0 saturated heterocycles. The van der Waals surface area contributed by atoms with Crippen LogP contribution in [0.4, 0.5) is 0 Å². The summed E-state index contributed by atoms with van der Waals surface area (Å²) in [4.78, 5) is 35.0. The molecular formula is C28H28N4O4. The zero-order valence-corrected chi connectivity index (χ0v) is 20.3. The Bertz CT molecular complexity index is 1390. The number of benzene rings is 2. The Kier molecular flexibility index (Phi) is 8.08. The van der Waals surface area contributed by atoms with Crippen LogP contribution in [0.3, 0.4) is 0 Å². The SMILES string of the molecule is CCC(=O)Oc1[nH]n(Cc2ccccc2)c(=O)c1C(Cc1cccc(OC)c1)=NCc1ccccn1. The highest BCUT2D eigenvalue weighted by Crippen LogP contribution is 2.20. The first-order valence-corrected chi connectivity index (χ1v) is 11.7. The van der Waals surface area contributed by atoms with Crippen molar-refractivity contribution in [3.63, 3.8) is 0 Å². The normalized spacial score (nSPS) is 11.3. The summed E-state index contributed by atoms with van der Waals surface area (Å²) in [5, 5.41) is 2.99.